The number of hydrogen-bond acceptors (Lipinski definition) is 3. The summed E-state index contributed by atoms with van der Waals surface area (Å²) in [6.07, 6.45) is 1.02. The van der Waals surface area contributed by atoms with E-state index in [1.807, 2.05) is 25.1 Å². The van der Waals surface area contributed by atoms with E-state index in [4.69, 9.17) is 9.72 Å². The fraction of sp³-hybridized carbons (Fsp3) is 0.391. The van der Waals surface area contributed by atoms with Gasteiger partial charge in [0.1, 0.15) is 18.9 Å². The van der Waals surface area contributed by atoms with Crippen LogP contribution in [0.4, 0.5) is 0 Å². The molecule has 0 aliphatic carbocycles. The van der Waals surface area contributed by atoms with Gasteiger partial charge in [-0.05, 0) is 49.2 Å². The van der Waals surface area contributed by atoms with Crippen molar-refractivity contribution in [3.8, 4) is 5.69 Å². The lowest BCUT2D eigenvalue weighted by Gasteiger charge is -2.23. The standard InChI is InChI=1S/C23H28N4O2/c1-3-18-4-7-20(8-5-18)27-17(2)25-21-16-19(6-9-22(21)27)23(28)24-10-11-26-12-14-29-15-13-26/h4-9,16H,3,10-15H2,1-2H3,(H,24,28)/p+1. The van der Waals surface area contributed by atoms with E-state index in [1.165, 1.54) is 10.5 Å². The number of imidazole rings is 1. The second kappa shape index (κ2) is 8.76. The van der Waals surface area contributed by atoms with Crippen LogP contribution in [0.15, 0.2) is 42.5 Å². The third kappa shape index (κ3) is 4.33. The maximum atomic E-state index is 12.6. The van der Waals surface area contributed by atoms with Crippen molar-refractivity contribution in [2.75, 3.05) is 39.4 Å². The highest BCUT2D eigenvalue weighted by Crippen LogP contribution is 2.23. The van der Waals surface area contributed by atoms with Crippen molar-refractivity contribution < 1.29 is 14.4 Å². The Kier molecular flexibility index (Phi) is 5.92. The average molecular weight is 394 g/mol. The SMILES string of the molecule is CCc1ccc(-n2c(C)nc3cc(C(=O)NCC[NH+]4CCOCC4)ccc32)cc1. The third-order valence-corrected chi connectivity index (χ3v) is 5.65. The van der Waals surface area contributed by atoms with Gasteiger partial charge in [-0.2, -0.15) is 0 Å². The molecule has 1 aliphatic heterocycles. The molecule has 3 aromatic rings. The summed E-state index contributed by atoms with van der Waals surface area (Å²) in [7, 11) is 0. The Labute approximate surface area is 171 Å². The largest absolute Gasteiger partial charge is 0.370 e. The summed E-state index contributed by atoms with van der Waals surface area (Å²) < 4.78 is 7.51. The van der Waals surface area contributed by atoms with E-state index in [1.54, 1.807) is 0 Å². The molecule has 1 amide bonds. The minimum Gasteiger partial charge on any atom is -0.370 e. The van der Waals surface area contributed by atoms with Gasteiger partial charge in [-0.1, -0.05) is 19.1 Å². The summed E-state index contributed by atoms with van der Waals surface area (Å²) >= 11 is 0. The smallest absolute Gasteiger partial charge is 0.251 e. The number of carbonyl (C=O) groups excluding carboxylic acids is 1. The lowest BCUT2D eigenvalue weighted by atomic mass is 10.1. The lowest BCUT2D eigenvalue weighted by molar-refractivity contribution is -0.906. The first-order chi connectivity index (χ1) is 14.2. The van der Waals surface area contributed by atoms with Crippen LogP contribution in [0.25, 0.3) is 16.7 Å². The molecule has 4 rings (SSSR count). The van der Waals surface area contributed by atoms with Crippen LogP contribution < -0.4 is 10.2 Å². The molecule has 6 nitrogen and oxygen atoms in total. The van der Waals surface area contributed by atoms with Crippen LogP contribution >= 0.6 is 0 Å². The topological polar surface area (TPSA) is 60.6 Å². The van der Waals surface area contributed by atoms with Crippen LogP contribution in [0.2, 0.25) is 0 Å². The molecule has 2 aromatic carbocycles. The van der Waals surface area contributed by atoms with Gasteiger partial charge in [0.2, 0.25) is 0 Å². The van der Waals surface area contributed by atoms with Gasteiger partial charge < -0.3 is 15.0 Å². The van der Waals surface area contributed by atoms with E-state index >= 15 is 0 Å². The van der Waals surface area contributed by atoms with Gasteiger partial charge >= 0.3 is 0 Å². The van der Waals surface area contributed by atoms with Gasteiger partial charge in [-0.15, -0.1) is 0 Å². The van der Waals surface area contributed by atoms with Crippen molar-refractivity contribution in [1.29, 1.82) is 0 Å². The van der Waals surface area contributed by atoms with E-state index in [0.29, 0.717) is 12.1 Å². The van der Waals surface area contributed by atoms with Crippen molar-refractivity contribution in [3.05, 3.63) is 59.4 Å². The predicted molar refractivity (Wildman–Crippen MR) is 114 cm³/mol. The number of amides is 1. The van der Waals surface area contributed by atoms with Crippen molar-refractivity contribution in [1.82, 2.24) is 14.9 Å². The number of nitrogens with zero attached hydrogens (tertiary/aromatic N) is 2. The fourth-order valence-corrected chi connectivity index (χ4v) is 3.91. The van der Waals surface area contributed by atoms with Crippen molar-refractivity contribution >= 4 is 16.9 Å². The number of quaternary nitrogens is 1. The molecule has 1 saturated heterocycles. The zero-order chi connectivity index (χ0) is 20.2. The zero-order valence-electron chi connectivity index (χ0n) is 17.2. The summed E-state index contributed by atoms with van der Waals surface area (Å²) in [5.41, 5.74) is 4.91. The lowest BCUT2D eigenvalue weighted by Crippen LogP contribution is -3.14. The second-order valence-corrected chi connectivity index (χ2v) is 7.59. The minimum atomic E-state index is -0.0425. The molecule has 0 radical (unpaired) electrons. The van der Waals surface area contributed by atoms with E-state index < -0.39 is 0 Å². The van der Waals surface area contributed by atoms with E-state index in [2.05, 4.69) is 41.1 Å². The number of morpholine rings is 1. The Hall–Kier alpha value is -2.70. The summed E-state index contributed by atoms with van der Waals surface area (Å²) in [5, 5.41) is 3.04. The highest BCUT2D eigenvalue weighted by molar-refractivity contribution is 5.97. The highest BCUT2D eigenvalue weighted by Gasteiger charge is 2.15. The quantitative estimate of drug-likeness (QED) is 0.668. The molecule has 1 fully saturated rings. The van der Waals surface area contributed by atoms with Crippen LogP contribution in [-0.4, -0.2) is 54.9 Å². The van der Waals surface area contributed by atoms with Gasteiger partial charge in [0.15, 0.2) is 0 Å². The number of aryl methyl sites for hydroxylation is 2. The van der Waals surface area contributed by atoms with Crippen LogP contribution in [0, 0.1) is 6.92 Å². The summed E-state index contributed by atoms with van der Waals surface area (Å²) in [6.45, 7) is 9.39. The maximum absolute atomic E-state index is 12.6. The van der Waals surface area contributed by atoms with Crippen LogP contribution in [0.3, 0.4) is 0 Å². The number of nitrogens with one attached hydrogen (secondary N) is 2. The number of carbonyl (C=O) groups is 1. The number of hydrogen-bond donors (Lipinski definition) is 2. The third-order valence-electron chi connectivity index (χ3n) is 5.65. The zero-order valence-corrected chi connectivity index (χ0v) is 17.2. The Morgan fingerprint density at radius 1 is 1.17 bits per heavy atom. The van der Waals surface area contributed by atoms with Crippen LogP contribution in [0.1, 0.15) is 28.7 Å². The number of rotatable bonds is 6. The molecule has 1 aliphatic rings. The highest BCUT2D eigenvalue weighted by atomic mass is 16.5. The first kappa shape index (κ1) is 19.6. The van der Waals surface area contributed by atoms with Crippen molar-refractivity contribution in [3.63, 3.8) is 0 Å². The molecule has 152 valence electrons. The van der Waals surface area contributed by atoms with Gasteiger partial charge in [-0.25, -0.2) is 4.98 Å². The molecule has 6 heteroatoms. The Morgan fingerprint density at radius 2 is 1.93 bits per heavy atom. The average Bonchev–Trinajstić information content (AvgIpc) is 3.09. The van der Waals surface area contributed by atoms with Crippen LogP contribution in [-0.2, 0) is 11.2 Å². The minimum absolute atomic E-state index is 0.0425. The van der Waals surface area contributed by atoms with Crippen molar-refractivity contribution in [2.24, 2.45) is 0 Å². The number of fused-ring (bicyclic) bond motifs is 1. The number of aromatic nitrogens is 2. The fourth-order valence-electron chi connectivity index (χ4n) is 3.91. The summed E-state index contributed by atoms with van der Waals surface area (Å²) in [6, 6.07) is 14.3. The predicted octanol–water partition coefficient (Wildman–Crippen LogP) is 1.54. The molecular formula is C23H29N4O2+. The van der Waals surface area contributed by atoms with Crippen molar-refractivity contribution in [2.45, 2.75) is 20.3 Å². The molecule has 29 heavy (non-hydrogen) atoms. The number of benzene rings is 2. The molecule has 0 unspecified atom stereocenters. The Morgan fingerprint density at radius 3 is 2.66 bits per heavy atom. The summed E-state index contributed by atoms with van der Waals surface area (Å²) in [5.74, 6) is 0.872. The normalized spacial score (nSPS) is 15.0. The summed E-state index contributed by atoms with van der Waals surface area (Å²) in [4.78, 5) is 18.8. The molecule has 0 spiro atoms. The first-order valence-corrected chi connectivity index (χ1v) is 10.4. The molecule has 0 bridgehead atoms. The van der Waals surface area contributed by atoms with Crippen LogP contribution in [0.5, 0.6) is 0 Å². The Bertz CT molecular complexity index is 988. The molecule has 0 saturated carbocycles. The molecular weight excluding hydrogens is 364 g/mol. The van der Waals surface area contributed by atoms with Gasteiger partial charge in [0.05, 0.1) is 37.3 Å². The first-order valence-electron chi connectivity index (χ1n) is 10.4. The maximum Gasteiger partial charge on any atom is 0.251 e. The van der Waals surface area contributed by atoms with E-state index in [0.717, 1.165) is 61.8 Å². The molecule has 2 N–H and O–H groups in total. The molecule has 0 atom stereocenters. The van der Waals surface area contributed by atoms with Gasteiger partial charge in [0.25, 0.3) is 5.91 Å². The number of ether oxygens (including phenoxy) is 1. The molecule has 2 heterocycles. The van der Waals surface area contributed by atoms with E-state index in [9.17, 15) is 4.79 Å². The van der Waals surface area contributed by atoms with Gasteiger partial charge in [-0.3, -0.25) is 9.36 Å². The van der Waals surface area contributed by atoms with Gasteiger partial charge in [0, 0.05) is 11.3 Å². The molecule has 1 aromatic heterocycles. The second-order valence-electron chi connectivity index (χ2n) is 7.59. The monoisotopic (exact) mass is 393 g/mol. The Balaban J connectivity index is 1.48. The van der Waals surface area contributed by atoms with E-state index in [-0.39, 0.29) is 5.91 Å².